The van der Waals surface area contributed by atoms with Crippen molar-refractivity contribution in [3.05, 3.63) is 12.3 Å². The molecule has 6 atom stereocenters. The summed E-state index contributed by atoms with van der Waals surface area (Å²) in [5.74, 6) is -0.877. The van der Waals surface area contributed by atoms with E-state index in [2.05, 4.69) is 15.1 Å². The van der Waals surface area contributed by atoms with Crippen molar-refractivity contribution < 1.29 is 37.8 Å². The fourth-order valence-electron chi connectivity index (χ4n) is 3.10. The quantitative estimate of drug-likeness (QED) is 0.406. The molecule has 0 aromatic rings. The first-order valence-corrected chi connectivity index (χ1v) is 9.59. The molecule has 2 fully saturated rings. The van der Waals surface area contributed by atoms with Crippen molar-refractivity contribution in [2.75, 3.05) is 20.4 Å². The van der Waals surface area contributed by atoms with Crippen molar-refractivity contribution in [3.63, 3.8) is 0 Å². The van der Waals surface area contributed by atoms with Crippen LogP contribution in [0.2, 0.25) is 0 Å². The van der Waals surface area contributed by atoms with Gasteiger partial charge in [-0.3, -0.25) is 18.6 Å². The highest BCUT2D eigenvalue weighted by atomic mass is 31.2. The number of esters is 1. The van der Waals surface area contributed by atoms with Crippen LogP contribution in [0, 0.1) is 0 Å². The van der Waals surface area contributed by atoms with Gasteiger partial charge in [0.15, 0.2) is 6.23 Å². The van der Waals surface area contributed by atoms with Crippen molar-refractivity contribution in [3.8, 4) is 0 Å². The van der Waals surface area contributed by atoms with E-state index in [4.69, 9.17) is 13.8 Å². The van der Waals surface area contributed by atoms with Gasteiger partial charge in [0.25, 0.3) is 0 Å². The minimum Gasteiger partial charge on any atom is -0.468 e. The van der Waals surface area contributed by atoms with Gasteiger partial charge in [-0.15, -0.1) is 0 Å². The Labute approximate surface area is 150 Å². The second-order valence-electron chi connectivity index (χ2n) is 6.48. The Morgan fingerprint density at radius 2 is 2.35 bits per heavy atom. The number of carbonyl (C=O) groups is 2. The van der Waals surface area contributed by atoms with Gasteiger partial charge >= 0.3 is 13.7 Å². The first kappa shape index (κ1) is 19.3. The third kappa shape index (κ3) is 3.51. The van der Waals surface area contributed by atoms with E-state index in [0.29, 0.717) is 0 Å². The Bertz CT molecular complexity index is 669. The minimum atomic E-state index is -3.86. The number of rotatable bonds is 4. The third-order valence-corrected chi connectivity index (χ3v) is 6.14. The first-order chi connectivity index (χ1) is 12.2. The molecule has 3 aliphatic heterocycles. The fraction of sp³-hybridized carbons (Fsp3) is 0.714. The molecule has 0 aromatic carbocycles. The molecule has 11 nitrogen and oxygen atoms in total. The van der Waals surface area contributed by atoms with Crippen molar-refractivity contribution in [1.82, 2.24) is 15.3 Å². The zero-order valence-electron chi connectivity index (χ0n) is 14.6. The molecule has 0 aromatic heterocycles. The second kappa shape index (κ2) is 6.91. The standard InChI is InChI=1S/C14H22N3O8P/c1-8(12(19)22-3)16-26(21)23-6-9-11(25-26)14(2,20)13(24-9)17-5-4-10(18)15-7-17/h4-5,8-9,11,13,20H,6-7H2,1-3H3,(H,15,18)(H,16,21). The molecular formula is C14H22N3O8P. The molecule has 0 radical (unpaired) electrons. The molecule has 3 heterocycles. The summed E-state index contributed by atoms with van der Waals surface area (Å²) in [5.41, 5.74) is -1.55. The smallest absolute Gasteiger partial charge is 0.406 e. The summed E-state index contributed by atoms with van der Waals surface area (Å²) in [6.07, 6.45) is 0.344. The van der Waals surface area contributed by atoms with E-state index in [1.54, 1.807) is 4.90 Å². The molecule has 6 unspecified atom stereocenters. The largest absolute Gasteiger partial charge is 0.468 e. The number of fused-ring (bicyclic) bond motifs is 1. The molecule has 0 saturated carbocycles. The number of hydrogen-bond acceptors (Lipinski definition) is 9. The summed E-state index contributed by atoms with van der Waals surface area (Å²) in [6.45, 7) is 2.99. The first-order valence-electron chi connectivity index (χ1n) is 8.04. The molecule has 0 bridgehead atoms. The van der Waals surface area contributed by atoms with E-state index in [1.807, 2.05) is 0 Å². The van der Waals surface area contributed by atoms with E-state index in [1.165, 1.54) is 33.2 Å². The number of aliphatic hydroxyl groups is 1. The molecular weight excluding hydrogens is 369 g/mol. The van der Waals surface area contributed by atoms with Gasteiger partial charge in [-0.1, -0.05) is 0 Å². The highest BCUT2D eigenvalue weighted by Gasteiger charge is 2.60. The summed E-state index contributed by atoms with van der Waals surface area (Å²) in [7, 11) is -2.65. The fourth-order valence-corrected chi connectivity index (χ4v) is 4.87. The maximum Gasteiger partial charge on any atom is 0.406 e. The van der Waals surface area contributed by atoms with Gasteiger partial charge in [-0.2, -0.15) is 0 Å². The maximum atomic E-state index is 12.8. The minimum absolute atomic E-state index is 0.0978. The number of carbonyl (C=O) groups excluding carboxylic acids is 2. The van der Waals surface area contributed by atoms with Crippen LogP contribution in [0.4, 0.5) is 0 Å². The van der Waals surface area contributed by atoms with Crippen LogP contribution < -0.4 is 10.4 Å². The number of nitrogens with one attached hydrogen (secondary N) is 2. The van der Waals surface area contributed by atoms with Crippen LogP contribution in [0.3, 0.4) is 0 Å². The van der Waals surface area contributed by atoms with Crippen LogP contribution in [-0.2, 0) is 32.7 Å². The predicted molar refractivity (Wildman–Crippen MR) is 86.3 cm³/mol. The van der Waals surface area contributed by atoms with Gasteiger partial charge in [0.1, 0.15) is 23.9 Å². The predicted octanol–water partition coefficient (Wildman–Crippen LogP) is -0.960. The molecule has 0 aliphatic carbocycles. The van der Waals surface area contributed by atoms with Crippen LogP contribution in [0.5, 0.6) is 0 Å². The zero-order chi connectivity index (χ0) is 19.1. The molecule has 3 rings (SSSR count). The molecule has 146 valence electrons. The van der Waals surface area contributed by atoms with E-state index in [-0.39, 0.29) is 19.2 Å². The Morgan fingerprint density at radius 3 is 2.96 bits per heavy atom. The molecule has 2 saturated heterocycles. The topological polar surface area (TPSA) is 136 Å². The van der Waals surface area contributed by atoms with Crippen molar-refractivity contribution >= 4 is 19.6 Å². The van der Waals surface area contributed by atoms with Gasteiger partial charge in [0, 0.05) is 12.3 Å². The normalized spacial score (nSPS) is 40.7. The Balaban J connectivity index is 1.74. The van der Waals surface area contributed by atoms with Gasteiger partial charge in [0.2, 0.25) is 5.91 Å². The Morgan fingerprint density at radius 1 is 1.62 bits per heavy atom. The number of ether oxygens (including phenoxy) is 2. The maximum absolute atomic E-state index is 12.8. The van der Waals surface area contributed by atoms with E-state index in [9.17, 15) is 19.3 Å². The highest BCUT2D eigenvalue weighted by Crippen LogP contribution is 2.54. The van der Waals surface area contributed by atoms with Crippen LogP contribution >= 0.6 is 7.75 Å². The van der Waals surface area contributed by atoms with Crippen LogP contribution in [0.1, 0.15) is 13.8 Å². The highest BCUT2D eigenvalue weighted by molar-refractivity contribution is 7.51. The van der Waals surface area contributed by atoms with Crippen molar-refractivity contribution in [2.24, 2.45) is 0 Å². The molecule has 0 spiro atoms. The van der Waals surface area contributed by atoms with Crippen molar-refractivity contribution in [1.29, 1.82) is 0 Å². The monoisotopic (exact) mass is 391 g/mol. The molecule has 3 N–H and O–H groups in total. The lowest BCUT2D eigenvalue weighted by molar-refractivity contribution is -0.142. The van der Waals surface area contributed by atoms with E-state index >= 15 is 0 Å². The van der Waals surface area contributed by atoms with Crippen LogP contribution in [0.15, 0.2) is 12.3 Å². The van der Waals surface area contributed by atoms with Crippen LogP contribution in [-0.4, -0.2) is 72.3 Å². The molecule has 26 heavy (non-hydrogen) atoms. The van der Waals surface area contributed by atoms with Gasteiger partial charge in [-0.25, -0.2) is 9.65 Å². The lowest BCUT2D eigenvalue weighted by Crippen LogP contribution is -2.56. The average Bonchev–Trinajstić information content (AvgIpc) is 2.85. The summed E-state index contributed by atoms with van der Waals surface area (Å²) in [4.78, 5) is 24.4. The number of nitrogens with zero attached hydrogens (tertiary/aromatic N) is 1. The SMILES string of the molecule is COC(=O)C(C)NP1(=O)OCC2OC(N3C=CC(=O)NC3)C(C)(O)C2O1. The third-order valence-electron chi connectivity index (χ3n) is 4.44. The zero-order valence-corrected chi connectivity index (χ0v) is 15.5. The number of hydrogen-bond donors (Lipinski definition) is 3. The number of amides is 1. The summed E-state index contributed by atoms with van der Waals surface area (Å²) < 4.78 is 34.0. The second-order valence-corrected chi connectivity index (χ2v) is 8.20. The van der Waals surface area contributed by atoms with Crippen LogP contribution in [0.25, 0.3) is 0 Å². The van der Waals surface area contributed by atoms with E-state index < -0.39 is 43.8 Å². The average molecular weight is 391 g/mol. The van der Waals surface area contributed by atoms with Crippen molar-refractivity contribution in [2.45, 2.75) is 43.9 Å². The van der Waals surface area contributed by atoms with Gasteiger partial charge in [-0.05, 0) is 13.8 Å². The molecule has 1 amide bonds. The lowest BCUT2D eigenvalue weighted by atomic mass is 9.96. The summed E-state index contributed by atoms with van der Waals surface area (Å²) in [5, 5.41) is 16.0. The number of methoxy groups -OCH3 is 1. The van der Waals surface area contributed by atoms with Gasteiger partial charge in [0.05, 0.1) is 20.4 Å². The summed E-state index contributed by atoms with van der Waals surface area (Å²) >= 11 is 0. The van der Waals surface area contributed by atoms with E-state index in [0.717, 1.165) is 0 Å². The Kier molecular flexibility index (Phi) is 5.13. The lowest BCUT2D eigenvalue weighted by Gasteiger charge is -2.38. The molecule has 3 aliphatic rings. The Hall–Kier alpha value is -1.49. The van der Waals surface area contributed by atoms with Gasteiger partial charge < -0.3 is 24.8 Å². The summed E-state index contributed by atoms with van der Waals surface area (Å²) in [6, 6.07) is -0.925. The molecule has 12 heteroatoms.